The van der Waals surface area contributed by atoms with E-state index in [1.165, 1.54) is 0 Å². The second kappa shape index (κ2) is 8.25. The van der Waals surface area contributed by atoms with Gasteiger partial charge in [0, 0.05) is 19.2 Å². The molecule has 1 rings (SSSR count). The molecular weight excluding hydrogens is 246 g/mol. The predicted molar refractivity (Wildman–Crippen MR) is 74.1 cm³/mol. The van der Waals surface area contributed by atoms with Crippen LogP contribution in [0.5, 0.6) is 0 Å². The van der Waals surface area contributed by atoms with Crippen LogP contribution in [0.1, 0.15) is 19.2 Å². The van der Waals surface area contributed by atoms with Gasteiger partial charge in [0.1, 0.15) is 24.1 Å². The third-order valence-corrected chi connectivity index (χ3v) is 2.19. The quantitative estimate of drug-likeness (QED) is 0.564. The molecule has 7 heteroatoms. The molecule has 7 nitrogen and oxygen atoms in total. The largest absolute Gasteiger partial charge is 0.370 e. The first-order valence-electron chi connectivity index (χ1n) is 6.31. The van der Waals surface area contributed by atoms with Gasteiger partial charge in [-0.3, -0.25) is 4.79 Å². The molecule has 4 N–H and O–H groups in total. The third-order valence-electron chi connectivity index (χ3n) is 2.19. The van der Waals surface area contributed by atoms with Gasteiger partial charge < -0.3 is 21.1 Å². The lowest BCUT2D eigenvalue weighted by molar-refractivity contribution is -0.122. The van der Waals surface area contributed by atoms with Crippen molar-refractivity contribution in [3.8, 4) is 0 Å². The van der Waals surface area contributed by atoms with Gasteiger partial charge in [0.05, 0.1) is 6.61 Å². The summed E-state index contributed by atoms with van der Waals surface area (Å²) in [6.45, 7) is 5.69. The highest BCUT2D eigenvalue weighted by Gasteiger charge is 2.01. The molecule has 0 fully saturated rings. The maximum absolute atomic E-state index is 10.5. The van der Waals surface area contributed by atoms with Crippen LogP contribution >= 0.6 is 0 Å². The maximum Gasteiger partial charge on any atom is 0.243 e. The Kier molecular flexibility index (Phi) is 6.59. The molecule has 19 heavy (non-hydrogen) atoms. The number of carbonyl (C=O) groups excluding carboxylic acids is 1. The molecule has 106 valence electrons. The fourth-order valence-electron chi connectivity index (χ4n) is 1.43. The number of rotatable bonds is 9. The number of nitrogens with zero attached hydrogens (tertiary/aromatic N) is 2. The fraction of sp³-hybridized carbons (Fsp3) is 0.583. The van der Waals surface area contributed by atoms with E-state index in [0.717, 1.165) is 24.6 Å². The van der Waals surface area contributed by atoms with E-state index >= 15 is 0 Å². The first kappa shape index (κ1) is 15.2. The van der Waals surface area contributed by atoms with Crippen LogP contribution in [0, 0.1) is 6.92 Å². The van der Waals surface area contributed by atoms with E-state index in [9.17, 15) is 4.79 Å². The molecule has 1 heterocycles. The Morgan fingerprint density at radius 3 is 2.53 bits per heavy atom. The monoisotopic (exact) mass is 267 g/mol. The smallest absolute Gasteiger partial charge is 0.243 e. The molecule has 1 aromatic heterocycles. The van der Waals surface area contributed by atoms with Gasteiger partial charge in [0.25, 0.3) is 0 Å². The minimum absolute atomic E-state index is 0.0617. The summed E-state index contributed by atoms with van der Waals surface area (Å²) in [6, 6.07) is 1.84. The van der Waals surface area contributed by atoms with E-state index in [0.29, 0.717) is 19.0 Å². The summed E-state index contributed by atoms with van der Waals surface area (Å²) in [7, 11) is 0. The van der Waals surface area contributed by atoms with Crippen LogP contribution in [0.4, 0.5) is 11.6 Å². The molecule has 0 spiro atoms. The standard InChI is InChI=1S/C12H21N5O2/c1-3-4-14-11-7-12(17-9(2)16-11)15-5-6-19-8-10(13)18/h7H,3-6,8H2,1-2H3,(H2,13,18)(H2,14,15,16,17). The number of primary amides is 1. The molecule has 0 saturated carbocycles. The van der Waals surface area contributed by atoms with Crippen LogP contribution in [-0.2, 0) is 9.53 Å². The maximum atomic E-state index is 10.5. The molecule has 0 aliphatic carbocycles. The normalized spacial score (nSPS) is 10.2. The van der Waals surface area contributed by atoms with E-state index in [1.54, 1.807) is 0 Å². The Balaban J connectivity index is 2.40. The first-order valence-corrected chi connectivity index (χ1v) is 6.31. The van der Waals surface area contributed by atoms with Gasteiger partial charge in [0.15, 0.2) is 0 Å². The van der Waals surface area contributed by atoms with Crippen molar-refractivity contribution in [1.29, 1.82) is 0 Å². The lowest BCUT2D eigenvalue weighted by Crippen LogP contribution is -2.20. The second-order valence-corrected chi connectivity index (χ2v) is 4.06. The van der Waals surface area contributed by atoms with Crippen molar-refractivity contribution >= 4 is 17.5 Å². The van der Waals surface area contributed by atoms with Gasteiger partial charge in [-0.05, 0) is 13.3 Å². The number of amides is 1. The van der Waals surface area contributed by atoms with Crippen molar-refractivity contribution in [2.24, 2.45) is 5.73 Å². The van der Waals surface area contributed by atoms with Crippen molar-refractivity contribution in [1.82, 2.24) is 9.97 Å². The average Bonchev–Trinajstić information content (AvgIpc) is 2.35. The highest BCUT2D eigenvalue weighted by molar-refractivity contribution is 5.74. The molecule has 0 aliphatic heterocycles. The van der Waals surface area contributed by atoms with Gasteiger partial charge in [-0.2, -0.15) is 0 Å². The van der Waals surface area contributed by atoms with Crippen LogP contribution in [0.15, 0.2) is 6.07 Å². The second-order valence-electron chi connectivity index (χ2n) is 4.06. The van der Waals surface area contributed by atoms with Crippen LogP contribution in [0.3, 0.4) is 0 Å². The molecule has 0 saturated heterocycles. The topological polar surface area (TPSA) is 102 Å². The number of aromatic nitrogens is 2. The Morgan fingerprint density at radius 1 is 1.32 bits per heavy atom. The van der Waals surface area contributed by atoms with E-state index in [4.69, 9.17) is 10.5 Å². The minimum atomic E-state index is -0.469. The molecule has 1 aromatic rings. The molecule has 0 unspecified atom stereocenters. The molecule has 0 bridgehead atoms. The predicted octanol–water partition coefficient (Wildman–Crippen LogP) is 0.521. The Labute approximate surface area is 113 Å². The van der Waals surface area contributed by atoms with Crippen molar-refractivity contribution in [3.05, 3.63) is 11.9 Å². The van der Waals surface area contributed by atoms with Gasteiger partial charge in [0.2, 0.25) is 5.91 Å². The number of anilines is 2. The summed E-state index contributed by atoms with van der Waals surface area (Å²) in [5, 5.41) is 6.32. The van der Waals surface area contributed by atoms with Crippen LogP contribution in [0.2, 0.25) is 0 Å². The third kappa shape index (κ3) is 6.56. The van der Waals surface area contributed by atoms with E-state index < -0.39 is 5.91 Å². The van der Waals surface area contributed by atoms with Gasteiger partial charge in [-0.25, -0.2) is 9.97 Å². The van der Waals surface area contributed by atoms with Crippen LogP contribution in [-0.4, -0.2) is 42.2 Å². The van der Waals surface area contributed by atoms with Crippen molar-refractivity contribution in [3.63, 3.8) is 0 Å². The zero-order valence-corrected chi connectivity index (χ0v) is 11.4. The number of carbonyl (C=O) groups is 1. The van der Waals surface area contributed by atoms with Crippen molar-refractivity contribution in [2.75, 3.05) is 36.9 Å². The highest BCUT2D eigenvalue weighted by Crippen LogP contribution is 2.10. The number of nitrogens with two attached hydrogens (primary N) is 1. The SMILES string of the molecule is CCCNc1cc(NCCOCC(N)=O)nc(C)n1. The lowest BCUT2D eigenvalue weighted by Gasteiger charge is -2.09. The summed E-state index contributed by atoms with van der Waals surface area (Å²) in [5.74, 6) is 1.76. The molecule has 0 aromatic carbocycles. The summed E-state index contributed by atoms with van der Waals surface area (Å²) >= 11 is 0. The molecule has 0 aliphatic rings. The van der Waals surface area contributed by atoms with Gasteiger partial charge in [-0.1, -0.05) is 6.92 Å². The first-order chi connectivity index (χ1) is 9.11. The fourth-order valence-corrected chi connectivity index (χ4v) is 1.43. The Morgan fingerprint density at radius 2 is 1.95 bits per heavy atom. The average molecular weight is 267 g/mol. The number of ether oxygens (including phenoxy) is 1. The molecular formula is C12H21N5O2. The number of aryl methyl sites for hydroxylation is 1. The van der Waals surface area contributed by atoms with Gasteiger partial charge >= 0.3 is 0 Å². The lowest BCUT2D eigenvalue weighted by atomic mass is 10.4. The zero-order valence-electron chi connectivity index (χ0n) is 11.4. The molecule has 0 radical (unpaired) electrons. The van der Waals surface area contributed by atoms with Crippen molar-refractivity contribution < 1.29 is 9.53 Å². The Hall–Kier alpha value is -1.89. The molecule has 1 amide bonds. The van der Waals surface area contributed by atoms with Crippen LogP contribution < -0.4 is 16.4 Å². The summed E-state index contributed by atoms with van der Waals surface area (Å²) < 4.78 is 5.05. The summed E-state index contributed by atoms with van der Waals surface area (Å²) in [5.41, 5.74) is 4.96. The number of hydrogen-bond donors (Lipinski definition) is 3. The number of nitrogens with one attached hydrogen (secondary N) is 2. The van der Waals surface area contributed by atoms with E-state index in [-0.39, 0.29) is 6.61 Å². The molecule has 0 atom stereocenters. The van der Waals surface area contributed by atoms with Crippen LogP contribution in [0.25, 0.3) is 0 Å². The number of hydrogen-bond acceptors (Lipinski definition) is 6. The Bertz CT molecular complexity index is 411. The van der Waals surface area contributed by atoms with E-state index in [1.807, 2.05) is 13.0 Å². The summed E-state index contributed by atoms with van der Waals surface area (Å²) in [4.78, 5) is 19.0. The van der Waals surface area contributed by atoms with Gasteiger partial charge in [-0.15, -0.1) is 0 Å². The highest BCUT2D eigenvalue weighted by atomic mass is 16.5. The zero-order chi connectivity index (χ0) is 14.1. The van der Waals surface area contributed by atoms with Crippen molar-refractivity contribution in [2.45, 2.75) is 20.3 Å². The summed E-state index contributed by atoms with van der Waals surface area (Å²) in [6.07, 6.45) is 1.03. The van der Waals surface area contributed by atoms with E-state index in [2.05, 4.69) is 27.5 Å². The minimum Gasteiger partial charge on any atom is -0.370 e.